The van der Waals surface area contributed by atoms with Gasteiger partial charge in [0.05, 0.1) is 5.56 Å². The van der Waals surface area contributed by atoms with Crippen LogP contribution in [0.15, 0.2) is 36.4 Å². The zero-order chi connectivity index (χ0) is 20.2. The molecule has 8 heteroatoms. The van der Waals surface area contributed by atoms with E-state index >= 15 is 0 Å². The van der Waals surface area contributed by atoms with Crippen molar-refractivity contribution >= 4 is 17.6 Å². The molecule has 0 spiro atoms. The first-order chi connectivity index (χ1) is 14.1. The smallest absolute Gasteiger partial charge is 0.271 e. The Morgan fingerprint density at radius 1 is 1.03 bits per heavy atom. The summed E-state index contributed by atoms with van der Waals surface area (Å²) < 4.78 is 13.9. The molecule has 2 aliphatic rings. The number of hydrogen-bond acceptors (Lipinski definition) is 5. The Morgan fingerprint density at radius 2 is 1.79 bits per heavy atom. The van der Waals surface area contributed by atoms with Crippen LogP contribution >= 0.6 is 0 Å². The van der Waals surface area contributed by atoms with Gasteiger partial charge < -0.3 is 15.1 Å². The van der Waals surface area contributed by atoms with Crippen LogP contribution in [-0.4, -0.2) is 59.6 Å². The van der Waals surface area contributed by atoms with E-state index in [4.69, 9.17) is 0 Å². The molecule has 1 saturated carbocycles. The standard InChI is InChI=1S/C21H24FN5O2/c22-17-4-2-1-3-16(17)21(29)27-13-11-26(12-14-27)19-8-7-18(24-25-19)20(28)23-10-9-15-5-6-15/h1-4,7-8,15H,5-6,9-14H2,(H,23,28). The molecule has 0 unspecified atom stereocenters. The Labute approximate surface area is 168 Å². The number of anilines is 1. The molecule has 2 aromatic rings. The number of aromatic nitrogens is 2. The molecule has 152 valence electrons. The van der Waals surface area contributed by atoms with E-state index in [1.54, 1.807) is 29.2 Å². The second kappa shape index (κ2) is 8.55. The first kappa shape index (κ1) is 19.3. The van der Waals surface area contributed by atoms with Crippen LogP contribution < -0.4 is 10.2 Å². The van der Waals surface area contributed by atoms with Gasteiger partial charge in [-0.2, -0.15) is 0 Å². The van der Waals surface area contributed by atoms with Gasteiger partial charge in [-0.15, -0.1) is 10.2 Å². The van der Waals surface area contributed by atoms with Gasteiger partial charge in [-0.3, -0.25) is 9.59 Å². The number of benzene rings is 1. The number of rotatable bonds is 6. The summed E-state index contributed by atoms with van der Waals surface area (Å²) in [6, 6.07) is 9.47. The zero-order valence-corrected chi connectivity index (χ0v) is 16.2. The quantitative estimate of drug-likeness (QED) is 0.808. The number of piperazine rings is 1. The van der Waals surface area contributed by atoms with Crippen molar-refractivity contribution in [3.05, 3.63) is 53.5 Å². The minimum absolute atomic E-state index is 0.0952. The van der Waals surface area contributed by atoms with Gasteiger partial charge in [0, 0.05) is 32.7 Å². The number of carbonyl (C=O) groups excluding carboxylic acids is 2. The number of carbonyl (C=O) groups is 2. The van der Waals surface area contributed by atoms with Crippen molar-refractivity contribution in [2.45, 2.75) is 19.3 Å². The van der Waals surface area contributed by atoms with Gasteiger partial charge in [-0.1, -0.05) is 25.0 Å². The van der Waals surface area contributed by atoms with Crippen molar-refractivity contribution in [3.63, 3.8) is 0 Å². The van der Waals surface area contributed by atoms with Crippen LogP contribution in [0.1, 0.15) is 40.1 Å². The number of hydrogen-bond donors (Lipinski definition) is 1. The lowest BCUT2D eigenvalue weighted by Crippen LogP contribution is -2.49. The Morgan fingerprint density at radius 3 is 2.45 bits per heavy atom. The predicted octanol–water partition coefficient (Wildman–Crippen LogP) is 2.11. The Bertz CT molecular complexity index is 877. The maximum absolute atomic E-state index is 13.9. The average molecular weight is 397 g/mol. The molecule has 7 nitrogen and oxygen atoms in total. The van der Waals surface area contributed by atoms with E-state index in [9.17, 15) is 14.0 Å². The number of halogens is 1. The molecular weight excluding hydrogens is 373 g/mol. The lowest BCUT2D eigenvalue weighted by molar-refractivity contribution is 0.0741. The van der Waals surface area contributed by atoms with Crippen LogP contribution in [0, 0.1) is 11.7 Å². The van der Waals surface area contributed by atoms with Crippen molar-refractivity contribution in [3.8, 4) is 0 Å². The highest BCUT2D eigenvalue weighted by Crippen LogP contribution is 2.31. The zero-order valence-electron chi connectivity index (χ0n) is 16.2. The number of nitrogens with one attached hydrogen (secondary N) is 1. The monoisotopic (exact) mass is 397 g/mol. The topological polar surface area (TPSA) is 78.4 Å². The summed E-state index contributed by atoms with van der Waals surface area (Å²) in [4.78, 5) is 28.3. The molecule has 2 heterocycles. The molecule has 4 rings (SSSR count). The highest BCUT2D eigenvalue weighted by atomic mass is 19.1. The van der Waals surface area contributed by atoms with Crippen LogP contribution in [0.25, 0.3) is 0 Å². The van der Waals surface area contributed by atoms with Gasteiger partial charge in [-0.05, 0) is 36.6 Å². The molecule has 1 aliphatic carbocycles. The van der Waals surface area contributed by atoms with Crippen LogP contribution in [0.4, 0.5) is 10.2 Å². The molecule has 2 fully saturated rings. The Kier molecular flexibility index (Phi) is 5.69. The Balaban J connectivity index is 1.29. The summed E-state index contributed by atoms with van der Waals surface area (Å²) in [5.74, 6) is 0.430. The van der Waals surface area contributed by atoms with E-state index in [1.165, 1.54) is 25.0 Å². The normalized spacial score (nSPS) is 16.6. The summed E-state index contributed by atoms with van der Waals surface area (Å²) >= 11 is 0. The lowest BCUT2D eigenvalue weighted by atomic mass is 10.1. The molecule has 1 aromatic heterocycles. The van der Waals surface area contributed by atoms with Crippen molar-refractivity contribution in [1.82, 2.24) is 20.4 Å². The predicted molar refractivity (Wildman–Crippen MR) is 106 cm³/mol. The molecule has 0 atom stereocenters. The molecule has 0 radical (unpaired) electrons. The van der Waals surface area contributed by atoms with E-state index in [1.807, 2.05) is 4.90 Å². The number of amides is 2. The lowest BCUT2D eigenvalue weighted by Gasteiger charge is -2.35. The van der Waals surface area contributed by atoms with E-state index in [2.05, 4.69) is 15.5 Å². The molecule has 2 amide bonds. The van der Waals surface area contributed by atoms with Gasteiger partial charge in [0.1, 0.15) is 5.82 Å². The molecule has 29 heavy (non-hydrogen) atoms. The van der Waals surface area contributed by atoms with Gasteiger partial charge in [0.2, 0.25) is 0 Å². The SMILES string of the molecule is O=C(NCCC1CC1)c1ccc(N2CCN(C(=O)c3ccccc3F)CC2)nn1. The fourth-order valence-electron chi connectivity index (χ4n) is 3.45. The van der Waals surface area contributed by atoms with Crippen molar-refractivity contribution in [1.29, 1.82) is 0 Å². The summed E-state index contributed by atoms with van der Waals surface area (Å²) in [7, 11) is 0. The van der Waals surface area contributed by atoms with Crippen LogP contribution in [0.3, 0.4) is 0 Å². The second-order valence-corrected chi connectivity index (χ2v) is 7.52. The molecular formula is C21H24FN5O2. The highest BCUT2D eigenvalue weighted by Gasteiger charge is 2.25. The van der Waals surface area contributed by atoms with E-state index < -0.39 is 5.82 Å². The second-order valence-electron chi connectivity index (χ2n) is 7.52. The fraction of sp³-hybridized carbons (Fsp3) is 0.429. The van der Waals surface area contributed by atoms with E-state index in [0.717, 1.165) is 12.3 Å². The first-order valence-corrected chi connectivity index (χ1v) is 10.0. The Hall–Kier alpha value is -3.03. The van der Waals surface area contributed by atoms with Crippen molar-refractivity contribution in [2.75, 3.05) is 37.6 Å². The van der Waals surface area contributed by atoms with Gasteiger partial charge in [0.25, 0.3) is 11.8 Å². The summed E-state index contributed by atoms with van der Waals surface area (Å²) in [5, 5.41) is 11.1. The maximum atomic E-state index is 13.9. The summed E-state index contributed by atoms with van der Waals surface area (Å²) in [5.41, 5.74) is 0.399. The molecule has 1 N–H and O–H groups in total. The third-order valence-electron chi connectivity index (χ3n) is 5.41. The van der Waals surface area contributed by atoms with E-state index in [0.29, 0.717) is 44.2 Å². The van der Waals surface area contributed by atoms with E-state index in [-0.39, 0.29) is 17.4 Å². The molecule has 1 aromatic carbocycles. The first-order valence-electron chi connectivity index (χ1n) is 10.0. The van der Waals surface area contributed by atoms with Gasteiger partial charge in [0.15, 0.2) is 11.5 Å². The third kappa shape index (κ3) is 4.70. The number of nitrogens with zero attached hydrogens (tertiary/aromatic N) is 4. The minimum atomic E-state index is -0.503. The van der Waals surface area contributed by atoms with Crippen molar-refractivity contribution < 1.29 is 14.0 Å². The minimum Gasteiger partial charge on any atom is -0.352 e. The van der Waals surface area contributed by atoms with Gasteiger partial charge >= 0.3 is 0 Å². The van der Waals surface area contributed by atoms with Crippen LogP contribution in [0.5, 0.6) is 0 Å². The van der Waals surface area contributed by atoms with Gasteiger partial charge in [-0.25, -0.2) is 4.39 Å². The summed E-state index contributed by atoms with van der Waals surface area (Å²) in [6.07, 6.45) is 3.56. The highest BCUT2D eigenvalue weighted by molar-refractivity contribution is 5.94. The average Bonchev–Trinajstić information content (AvgIpc) is 3.58. The maximum Gasteiger partial charge on any atom is 0.271 e. The molecule has 1 aliphatic heterocycles. The third-order valence-corrected chi connectivity index (χ3v) is 5.41. The molecule has 0 bridgehead atoms. The summed E-state index contributed by atoms with van der Waals surface area (Å²) in [6.45, 7) is 2.76. The largest absolute Gasteiger partial charge is 0.352 e. The molecule has 1 saturated heterocycles. The van der Waals surface area contributed by atoms with Crippen molar-refractivity contribution in [2.24, 2.45) is 5.92 Å². The fourth-order valence-corrected chi connectivity index (χ4v) is 3.45. The van der Waals surface area contributed by atoms with Crippen LogP contribution in [-0.2, 0) is 0 Å². The van der Waals surface area contributed by atoms with Crippen LogP contribution in [0.2, 0.25) is 0 Å².